The van der Waals surface area contributed by atoms with Crippen LogP contribution in [-0.2, 0) is 6.18 Å². The summed E-state index contributed by atoms with van der Waals surface area (Å²) in [5.74, 6) is 0.0710. The van der Waals surface area contributed by atoms with Gasteiger partial charge in [-0.2, -0.15) is 18.3 Å². The molecule has 2 heterocycles. The van der Waals surface area contributed by atoms with E-state index in [-0.39, 0.29) is 5.82 Å². The lowest BCUT2D eigenvalue weighted by molar-refractivity contribution is -0.142. The first kappa shape index (κ1) is 8.86. The normalized spacial score (nSPS) is 12.2. The number of nitrogen functional groups attached to an aromatic ring is 1. The van der Waals surface area contributed by atoms with Crippen LogP contribution in [0, 0.1) is 0 Å². The minimum atomic E-state index is -4.42. The molecule has 0 bridgehead atoms. The summed E-state index contributed by atoms with van der Waals surface area (Å²) in [5.41, 5.74) is 4.81. The summed E-state index contributed by atoms with van der Waals surface area (Å²) in [6.07, 6.45) is -4.42. The highest BCUT2D eigenvalue weighted by atomic mass is 19.4. The van der Waals surface area contributed by atoms with Crippen molar-refractivity contribution in [2.75, 3.05) is 5.73 Å². The first-order chi connectivity index (χ1) is 6.48. The smallest absolute Gasteiger partial charge is 0.382 e. The molecule has 2 aromatic heterocycles. The lowest BCUT2D eigenvalue weighted by Gasteiger charge is -2.07. The van der Waals surface area contributed by atoms with Crippen LogP contribution in [0.5, 0.6) is 0 Å². The van der Waals surface area contributed by atoms with Gasteiger partial charge in [-0.05, 0) is 12.1 Å². The summed E-state index contributed by atoms with van der Waals surface area (Å²) in [6.45, 7) is 0. The zero-order valence-corrected chi connectivity index (χ0v) is 6.92. The van der Waals surface area contributed by atoms with Crippen molar-refractivity contribution in [2.45, 2.75) is 6.18 Å². The van der Waals surface area contributed by atoms with Crippen molar-refractivity contribution in [3.8, 4) is 0 Å². The Morgan fingerprint density at radius 3 is 2.64 bits per heavy atom. The maximum Gasteiger partial charge on any atom is 0.433 e. The molecular weight excluding hydrogens is 195 g/mol. The van der Waals surface area contributed by atoms with Crippen molar-refractivity contribution in [3.63, 3.8) is 0 Å². The number of hydrogen-bond acceptors (Lipinski definition) is 2. The predicted octanol–water partition coefficient (Wildman–Crippen LogP) is 1.94. The van der Waals surface area contributed by atoms with Gasteiger partial charge in [0, 0.05) is 6.07 Å². The molecule has 0 radical (unpaired) electrons. The molecule has 0 aromatic carbocycles. The molecule has 0 amide bonds. The number of hydrogen-bond donors (Lipinski definition) is 1. The minimum absolute atomic E-state index is 0.0710. The van der Waals surface area contributed by atoms with Crippen molar-refractivity contribution in [1.82, 2.24) is 9.61 Å². The Kier molecular flexibility index (Phi) is 1.67. The predicted molar refractivity (Wildman–Crippen MR) is 44.6 cm³/mol. The summed E-state index contributed by atoms with van der Waals surface area (Å²) < 4.78 is 38.1. The third-order valence-corrected chi connectivity index (χ3v) is 1.80. The zero-order chi connectivity index (χ0) is 10.3. The Hall–Kier alpha value is -1.72. The van der Waals surface area contributed by atoms with E-state index in [1.165, 1.54) is 18.2 Å². The molecule has 6 heteroatoms. The molecular formula is C8H6F3N3. The van der Waals surface area contributed by atoms with Crippen LogP contribution in [0.1, 0.15) is 5.69 Å². The highest BCUT2D eigenvalue weighted by Crippen LogP contribution is 2.29. The Bertz CT molecular complexity index is 472. The van der Waals surface area contributed by atoms with E-state index in [0.717, 1.165) is 10.6 Å². The highest BCUT2D eigenvalue weighted by molar-refractivity contribution is 5.54. The maximum absolute atomic E-state index is 12.4. The van der Waals surface area contributed by atoms with Gasteiger partial charge in [-0.25, -0.2) is 4.52 Å². The summed E-state index contributed by atoms with van der Waals surface area (Å²) in [7, 11) is 0. The molecule has 14 heavy (non-hydrogen) atoms. The van der Waals surface area contributed by atoms with Gasteiger partial charge in [-0.1, -0.05) is 6.07 Å². The Balaban J connectivity index is 2.77. The molecule has 2 N–H and O–H groups in total. The van der Waals surface area contributed by atoms with Crippen molar-refractivity contribution in [1.29, 1.82) is 0 Å². The van der Waals surface area contributed by atoms with Gasteiger partial charge in [0.15, 0.2) is 0 Å². The van der Waals surface area contributed by atoms with Crippen molar-refractivity contribution < 1.29 is 13.2 Å². The molecule has 0 saturated carbocycles. The summed E-state index contributed by atoms with van der Waals surface area (Å²) in [6, 6.07) is 5.17. The second-order valence-electron chi connectivity index (χ2n) is 2.81. The lowest BCUT2D eigenvalue weighted by Crippen LogP contribution is -2.11. The van der Waals surface area contributed by atoms with Gasteiger partial charge < -0.3 is 5.73 Å². The quantitative estimate of drug-likeness (QED) is 0.707. The number of rotatable bonds is 0. The minimum Gasteiger partial charge on any atom is -0.382 e. The van der Waals surface area contributed by atoms with E-state index < -0.39 is 11.9 Å². The summed E-state index contributed by atoms with van der Waals surface area (Å²) >= 11 is 0. The van der Waals surface area contributed by atoms with Crippen LogP contribution in [-0.4, -0.2) is 9.61 Å². The lowest BCUT2D eigenvalue weighted by atomic mass is 10.3. The van der Waals surface area contributed by atoms with E-state index in [2.05, 4.69) is 5.10 Å². The SMILES string of the molecule is Nc1cc2cccc(C(F)(F)F)n2n1. The molecule has 0 fully saturated rings. The number of halogens is 3. The molecule has 74 valence electrons. The zero-order valence-electron chi connectivity index (χ0n) is 6.92. The second-order valence-corrected chi connectivity index (χ2v) is 2.81. The maximum atomic E-state index is 12.4. The molecule has 0 aliphatic carbocycles. The van der Waals surface area contributed by atoms with Crippen LogP contribution < -0.4 is 5.73 Å². The molecule has 2 rings (SSSR count). The van der Waals surface area contributed by atoms with Crippen molar-refractivity contribution in [3.05, 3.63) is 30.0 Å². The number of nitrogens with zero attached hydrogens (tertiary/aromatic N) is 2. The van der Waals surface area contributed by atoms with Gasteiger partial charge in [0.1, 0.15) is 11.5 Å². The Morgan fingerprint density at radius 1 is 1.29 bits per heavy atom. The van der Waals surface area contributed by atoms with E-state index in [4.69, 9.17) is 5.73 Å². The van der Waals surface area contributed by atoms with Gasteiger partial charge in [0.05, 0.1) is 5.52 Å². The fourth-order valence-corrected chi connectivity index (χ4v) is 1.25. The van der Waals surface area contributed by atoms with Gasteiger partial charge >= 0.3 is 6.18 Å². The number of pyridine rings is 1. The van der Waals surface area contributed by atoms with E-state index in [1.54, 1.807) is 0 Å². The number of nitrogens with two attached hydrogens (primary N) is 1. The molecule has 0 aliphatic heterocycles. The first-order valence-corrected chi connectivity index (χ1v) is 3.80. The Morgan fingerprint density at radius 2 is 2.00 bits per heavy atom. The third-order valence-electron chi connectivity index (χ3n) is 1.80. The van der Waals surface area contributed by atoms with Crippen LogP contribution in [0.4, 0.5) is 19.0 Å². The largest absolute Gasteiger partial charge is 0.433 e. The average Bonchev–Trinajstić information content (AvgIpc) is 2.41. The molecule has 2 aromatic rings. The van der Waals surface area contributed by atoms with E-state index in [9.17, 15) is 13.2 Å². The van der Waals surface area contributed by atoms with E-state index >= 15 is 0 Å². The summed E-state index contributed by atoms with van der Waals surface area (Å²) in [5, 5.41) is 3.55. The molecule has 0 saturated heterocycles. The topological polar surface area (TPSA) is 43.3 Å². The third kappa shape index (κ3) is 1.28. The van der Waals surface area contributed by atoms with Crippen LogP contribution >= 0.6 is 0 Å². The number of alkyl halides is 3. The fraction of sp³-hybridized carbons (Fsp3) is 0.125. The Labute approximate surface area is 76.9 Å². The number of anilines is 1. The molecule has 0 spiro atoms. The first-order valence-electron chi connectivity index (χ1n) is 3.80. The van der Waals surface area contributed by atoms with E-state index in [0.29, 0.717) is 5.52 Å². The van der Waals surface area contributed by atoms with Crippen molar-refractivity contribution in [2.24, 2.45) is 0 Å². The molecule has 0 aliphatic rings. The standard InChI is InChI=1S/C8H6F3N3/c9-8(10,11)6-3-1-2-5-4-7(12)13-14(5)6/h1-4H,(H2,12,13). The van der Waals surface area contributed by atoms with Crippen LogP contribution in [0.15, 0.2) is 24.3 Å². The van der Waals surface area contributed by atoms with Crippen LogP contribution in [0.2, 0.25) is 0 Å². The van der Waals surface area contributed by atoms with Crippen LogP contribution in [0.25, 0.3) is 5.52 Å². The van der Waals surface area contributed by atoms with Gasteiger partial charge in [0.25, 0.3) is 0 Å². The monoisotopic (exact) mass is 201 g/mol. The molecule has 0 unspecified atom stereocenters. The van der Waals surface area contributed by atoms with Gasteiger partial charge in [-0.3, -0.25) is 0 Å². The number of aromatic nitrogens is 2. The van der Waals surface area contributed by atoms with Crippen LogP contribution in [0.3, 0.4) is 0 Å². The van der Waals surface area contributed by atoms with Gasteiger partial charge in [-0.15, -0.1) is 0 Å². The average molecular weight is 201 g/mol. The number of fused-ring (bicyclic) bond motifs is 1. The van der Waals surface area contributed by atoms with Crippen molar-refractivity contribution >= 4 is 11.3 Å². The molecule has 0 atom stereocenters. The van der Waals surface area contributed by atoms with E-state index in [1.807, 2.05) is 0 Å². The summed E-state index contributed by atoms with van der Waals surface area (Å²) in [4.78, 5) is 0. The highest BCUT2D eigenvalue weighted by Gasteiger charge is 2.33. The second kappa shape index (κ2) is 2.63. The molecule has 3 nitrogen and oxygen atoms in total. The van der Waals surface area contributed by atoms with Gasteiger partial charge in [0.2, 0.25) is 0 Å². The fourth-order valence-electron chi connectivity index (χ4n) is 1.25.